The quantitative estimate of drug-likeness (QED) is 0.478. The van der Waals surface area contributed by atoms with Crippen LogP contribution in [0.3, 0.4) is 0 Å². The Hall–Kier alpha value is -1.17. The summed E-state index contributed by atoms with van der Waals surface area (Å²) >= 11 is 12.1. The van der Waals surface area contributed by atoms with Gasteiger partial charge in [0.15, 0.2) is 5.75 Å². The third kappa shape index (κ3) is 3.41. The van der Waals surface area contributed by atoms with Crippen molar-refractivity contribution >= 4 is 29.4 Å². The lowest BCUT2D eigenvalue weighted by Crippen LogP contribution is -2.11. The number of aliphatic hydroxyl groups excluding tert-OH is 1. The number of nitrogens with one attached hydrogen (secondary N) is 1. The molecule has 1 rings (SSSR count). The Bertz CT molecular complexity index is 439. The average Bonchev–Trinajstić information content (AvgIpc) is 2.35. The van der Waals surface area contributed by atoms with Gasteiger partial charge in [0, 0.05) is 5.56 Å². The van der Waals surface area contributed by atoms with Crippen molar-refractivity contribution in [3.8, 4) is 11.5 Å². The van der Waals surface area contributed by atoms with Gasteiger partial charge in [-0.15, -0.1) is 0 Å². The standard InChI is InChI=1S/C11H14Cl2N2O3/c1-17-10-7(6-15-14-3-4-16)5-8(12)11(18-2)9(10)13/h5-6,14,16H,3-4H2,1-2H3. The van der Waals surface area contributed by atoms with E-state index in [4.69, 9.17) is 37.8 Å². The van der Waals surface area contributed by atoms with Crippen molar-refractivity contribution in [1.29, 1.82) is 0 Å². The summed E-state index contributed by atoms with van der Waals surface area (Å²) in [6, 6.07) is 1.63. The molecule has 0 unspecified atom stereocenters. The molecule has 5 nitrogen and oxygen atoms in total. The van der Waals surface area contributed by atoms with Gasteiger partial charge in [0.25, 0.3) is 0 Å². The van der Waals surface area contributed by atoms with Crippen molar-refractivity contribution in [2.75, 3.05) is 27.4 Å². The molecule has 0 aromatic heterocycles. The highest BCUT2D eigenvalue weighted by molar-refractivity contribution is 6.38. The molecule has 7 heteroatoms. The summed E-state index contributed by atoms with van der Waals surface area (Å²) in [4.78, 5) is 0. The molecule has 1 aromatic rings. The molecule has 0 amide bonds. The Morgan fingerprint density at radius 2 is 2.00 bits per heavy atom. The maximum absolute atomic E-state index is 8.60. The molecule has 1 aromatic carbocycles. The summed E-state index contributed by atoms with van der Waals surface area (Å²) in [6.45, 7) is 0.356. The number of rotatable bonds is 6. The van der Waals surface area contributed by atoms with E-state index in [1.807, 2.05) is 0 Å². The molecule has 0 radical (unpaired) electrons. The van der Waals surface area contributed by atoms with E-state index < -0.39 is 0 Å². The summed E-state index contributed by atoms with van der Waals surface area (Å²) in [6.07, 6.45) is 1.51. The first kappa shape index (κ1) is 14.9. The van der Waals surface area contributed by atoms with Gasteiger partial charge in [-0.2, -0.15) is 5.10 Å². The smallest absolute Gasteiger partial charge is 0.159 e. The molecular formula is C11H14Cl2N2O3. The van der Waals surface area contributed by atoms with E-state index >= 15 is 0 Å². The zero-order valence-electron chi connectivity index (χ0n) is 10.0. The number of halogens is 2. The predicted octanol–water partition coefficient (Wildman–Crippen LogP) is 1.93. The van der Waals surface area contributed by atoms with Crippen LogP contribution < -0.4 is 14.9 Å². The summed E-state index contributed by atoms with van der Waals surface area (Å²) in [7, 11) is 2.97. The topological polar surface area (TPSA) is 63.1 Å². The van der Waals surface area contributed by atoms with E-state index in [2.05, 4.69) is 10.5 Å². The lowest BCUT2D eigenvalue weighted by molar-refractivity contribution is 0.294. The van der Waals surface area contributed by atoms with Crippen LogP contribution in [0.2, 0.25) is 10.0 Å². The maximum Gasteiger partial charge on any atom is 0.159 e. The molecule has 0 bridgehead atoms. The number of hydrogen-bond acceptors (Lipinski definition) is 5. The molecule has 0 spiro atoms. The van der Waals surface area contributed by atoms with Gasteiger partial charge < -0.3 is 20.0 Å². The van der Waals surface area contributed by atoms with Crippen LogP contribution in [0, 0.1) is 0 Å². The van der Waals surface area contributed by atoms with Crippen molar-refractivity contribution in [2.45, 2.75) is 0 Å². The van der Waals surface area contributed by atoms with Crippen LogP contribution in [-0.2, 0) is 0 Å². The minimum Gasteiger partial charge on any atom is -0.494 e. The van der Waals surface area contributed by atoms with Gasteiger partial charge in [0.05, 0.1) is 38.6 Å². The minimum absolute atomic E-state index is 0.00139. The second-order valence-corrected chi connectivity index (χ2v) is 4.00. The molecule has 100 valence electrons. The average molecular weight is 293 g/mol. The molecular weight excluding hydrogens is 279 g/mol. The van der Waals surface area contributed by atoms with Crippen LogP contribution in [0.1, 0.15) is 5.56 Å². The lowest BCUT2D eigenvalue weighted by Gasteiger charge is -2.12. The first-order chi connectivity index (χ1) is 8.65. The molecule has 0 fully saturated rings. The van der Waals surface area contributed by atoms with Gasteiger partial charge in [-0.3, -0.25) is 0 Å². The Kier molecular flexibility index (Phi) is 6.04. The van der Waals surface area contributed by atoms with Gasteiger partial charge in [-0.05, 0) is 6.07 Å². The Balaban J connectivity index is 3.08. The van der Waals surface area contributed by atoms with Gasteiger partial charge >= 0.3 is 0 Å². The monoisotopic (exact) mass is 292 g/mol. The Morgan fingerprint density at radius 1 is 1.33 bits per heavy atom. The fraction of sp³-hybridized carbons (Fsp3) is 0.364. The molecule has 0 heterocycles. The van der Waals surface area contributed by atoms with Crippen LogP contribution in [0.5, 0.6) is 11.5 Å². The highest BCUT2D eigenvalue weighted by atomic mass is 35.5. The first-order valence-electron chi connectivity index (χ1n) is 5.12. The normalized spacial score (nSPS) is 10.7. The third-order valence-corrected chi connectivity index (χ3v) is 2.71. The van der Waals surface area contributed by atoms with Crippen LogP contribution in [0.25, 0.3) is 0 Å². The Morgan fingerprint density at radius 3 is 2.56 bits per heavy atom. The van der Waals surface area contributed by atoms with Crippen LogP contribution in [0.4, 0.5) is 0 Å². The van der Waals surface area contributed by atoms with E-state index in [-0.39, 0.29) is 11.6 Å². The Labute approximate surface area is 115 Å². The fourth-order valence-electron chi connectivity index (χ4n) is 1.32. The molecule has 0 aliphatic heterocycles. The largest absolute Gasteiger partial charge is 0.494 e. The number of aliphatic hydroxyl groups is 1. The molecule has 2 N–H and O–H groups in total. The van der Waals surface area contributed by atoms with E-state index in [0.717, 1.165) is 0 Å². The van der Waals surface area contributed by atoms with Gasteiger partial charge in [0.2, 0.25) is 0 Å². The van der Waals surface area contributed by atoms with Crippen LogP contribution in [0.15, 0.2) is 11.2 Å². The predicted molar refractivity (Wildman–Crippen MR) is 72.2 cm³/mol. The molecule has 0 aliphatic carbocycles. The lowest BCUT2D eigenvalue weighted by atomic mass is 10.2. The van der Waals surface area contributed by atoms with Crippen LogP contribution in [-0.4, -0.2) is 38.7 Å². The third-order valence-electron chi connectivity index (χ3n) is 2.09. The molecule has 0 saturated heterocycles. The van der Waals surface area contributed by atoms with Crippen molar-refractivity contribution < 1.29 is 14.6 Å². The minimum atomic E-state index is -0.00139. The molecule has 0 aliphatic rings. The number of methoxy groups -OCH3 is 2. The van der Waals surface area contributed by atoms with Crippen molar-refractivity contribution in [3.63, 3.8) is 0 Å². The van der Waals surface area contributed by atoms with Crippen LogP contribution >= 0.6 is 23.2 Å². The van der Waals surface area contributed by atoms with E-state index in [9.17, 15) is 0 Å². The maximum atomic E-state index is 8.60. The van der Waals surface area contributed by atoms with Gasteiger partial charge in [-0.1, -0.05) is 23.2 Å². The molecule has 0 atom stereocenters. The summed E-state index contributed by atoms with van der Waals surface area (Å²) < 4.78 is 10.3. The number of hydrogen-bond donors (Lipinski definition) is 2. The highest BCUT2D eigenvalue weighted by Gasteiger charge is 2.16. The van der Waals surface area contributed by atoms with Gasteiger partial charge in [-0.25, -0.2) is 0 Å². The van der Waals surface area contributed by atoms with E-state index in [0.29, 0.717) is 28.6 Å². The number of nitrogens with zero attached hydrogens (tertiary/aromatic N) is 1. The second kappa shape index (κ2) is 7.31. The van der Waals surface area contributed by atoms with Crippen molar-refractivity contribution in [2.24, 2.45) is 5.10 Å². The van der Waals surface area contributed by atoms with E-state index in [1.54, 1.807) is 6.07 Å². The SMILES string of the molecule is COc1c(Cl)cc(C=NNCCO)c(OC)c1Cl. The summed E-state index contributed by atoms with van der Waals surface area (Å²) in [5.41, 5.74) is 3.26. The zero-order valence-corrected chi connectivity index (χ0v) is 11.5. The first-order valence-corrected chi connectivity index (χ1v) is 5.88. The fourth-order valence-corrected chi connectivity index (χ4v) is 2.03. The summed E-state index contributed by atoms with van der Waals surface area (Å²) in [5, 5.41) is 13.2. The number of benzene rings is 1. The molecule has 18 heavy (non-hydrogen) atoms. The van der Waals surface area contributed by atoms with Gasteiger partial charge in [0.1, 0.15) is 10.8 Å². The second-order valence-electron chi connectivity index (χ2n) is 3.22. The molecule has 0 saturated carbocycles. The van der Waals surface area contributed by atoms with Crippen molar-refractivity contribution in [3.05, 3.63) is 21.7 Å². The number of hydrazone groups is 1. The van der Waals surface area contributed by atoms with Crippen molar-refractivity contribution in [1.82, 2.24) is 5.43 Å². The summed E-state index contributed by atoms with van der Waals surface area (Å²) in [5.74, 6) is 0.781. The number of ether oxygens (including phenoxy) is 2. The highest BCUT2D eigenvalue weighted by Crippen LogP contribution is 2.41. The van der Waals surface area contributed by atoms with E-state index in [1.165, 1.54) is 20.4 Å². The zero-order chi connectivity index (χ0) is 13.5.